The number of amides is 1. The summed E-state index contributed by atoms with van der Waals surface area (Å²) < 4.78 is 8.54. The summed E-state index contributed by atoms with van der Waals surface area (Å²) in [6, 6.07) is 0.297. The minimum Gasteiger partial charge on any atom is -0.357 e. The van der Waals surface area contributed by atoms with Gasteiger partial charge in [0, 0.05) is 14.6 Å². The predicted octanol–water partition coefficient (Wildman–Crippen LogP) is 5.42. The maximum absolute atomic E-state index is 12.4. The number of carbonyl (C=O) groups excluding carboxylic acids is 1. The van der Waals surface area contributed by atoms with Gasteiger partial charge in [-0.1, -0.05) is 55.4 Å². The van der Waals surface area contributed by atoms with Crippen LogP contribution in [0.1, 0.15) is 68.2 Å². The molecule has 1 amide bonds. The van der Waals surface area contributed by atoms with E-state index in [2.05, 4.69) is 60.1 Å². The van der Waals surface area contributed by atoms with Crippen LogP contribution < -0.4 is 0 Å². The largest absolute Gasteiger partial charge is 0.357 e. The summed E-state index contributed by atoms with van der Waals surface area (Å²) in [5.74, 6) is 0.348. The van der Waals surface area contributed by atoms with Gasteiger partial charge in [0.1, 0.15) is 0 Å². The second kappa shape index (κ2) is 8.95. The van der Waals surface area contributed by atoms with E-state index in [0.29, 0.717) is 41.0 Å². The maximum Gasteiger partial charge on any atom is 0.226 e. The van der Waals surface area contributed by atoms with Crippen LogP contribution in [0.4, 0.5) is 0 Å². The summed E-state index contributed by atoms with van der Waals surface area (Å²) in [6.45, 7) is 18.7. The molecule has 0 saturated carbocycles. The topological polar surface area (TPSA) is 29.5 Å². The Morgan fingerprint density at radius 3 is 1.91 bits per heavy atom. The first-order valence-corrected chi connectivity index (χ1v) is 11.5. The highest BCUT2D eigenvalue weighted by Crippen LogP contribution is 2.54. The molecule has 1 atom stereocenters. The second-order valence-corrected chi connectivity index (χ2v) is 13.6. The van der Waals surface area contributed by atoms with Gasteiger partial charge in [0.25, 0.3) is 0 Å². The molecular weight excluding hydrogens is 312 g/mol. The highest BCUT2D eigenvalue weighted by Gasteiger charge is 2.39. The van der Waals surface area contributed by atoms with Crippen LogP contribution >= 0.6 is 16.2 Å². The molecule has 1 aliphatic rings. The minimum absolute atomic E-state index is 0.297. The van der Waals surface area contributed by atoms with Crippen molar-refractivity contribution in [2.24, 2.45) is 0 Å². The maximum atomic E-state index is 12.4. The molecule has 1 heterocycles. The number of nitrogens with zero attached hydrogens (tertiary/aromatic N) is 1. The summed E-state index contributed by atoms with van der Waals surface area (Å²) >= 11 is 0. The van der Waals surface area contributed by atoms with Crippen LogP contribution in [0, 0.1) is 0 Å². The van der Waals surface area contributed by atoms with Crippen molar-refractivity contribution in [3.63, 3.8) is 0 Å². The van der Waals surface area contributed by atoms with E-state index in [1.807, 2.05) is 0 Å². The average Bonchev–Trinajstić information content (AvgIpc) is 2.70. The molecule has 5 heteroatoms. The number of rotatable bonds is 8. The molecule has 0 aromatic heterocycles. The molecule has 1 fully saturated rings. The summed E-state index contributed by atoms with van der Waals surface area (Å²) in [5, 5.41) is 0. The SMILES string of the molecule is CC(C)P(OC[C@H]1CCC(=O)N1P(C(C)C)C(C)C)C(C)C. The van der Waals surface area contributed by atoms with Crippen molar-refractivity contribution in [2.75, 3.05) is 6.61 Å². The van der Waals surface area contributed by atoms with Gasteiger partial charge in [-0.15, -0.1) is 0 Å². The van der Waals surface area contributed by atoms with Crippen molar-refractivity contribution in [1.29, 1.82) is 0 Å². The molecule has 0 N–H and O–H groups in total. The zero-order valence-electron chi connectivity index (χ0n) is 15.7. The third-order valence-corrected chi connectivity index (χ3v) is 9.68. The molecule has 0 aliphatic carbocycles. The molecule has 0 bridgehead atoms. The Kier molecular flexibility index (Phi) is 8.27. The minimum atomic E-state index is -0.409. The smallest absolute Gasteiger partial charge is 0.226 e. The summed E-state index contributed by atoms with van der Waals surface area (Å²) in [4.78, 5) is 12.4. The van der Waals surface area contributed by atoms with Crippen LogP contribution in [0.2, 0.25) is 0 Å². The van der Waals surface area contributed by atoms with Gasteiger partial charge in [0.15, 0.2) is 0 Å². The van der Waals surface area contributed by atoms with Gasteiger partial charge in [-0.05, 0) is 37.1 Å². The highest BCUT2D eigenvalue weighted by molar-refractivity contribution is 7.57. The first kappa shape index (κ1) is 20.3. The van der Waals surface area contributed by atoms with E-state index in [4.69, 9.17) is 4.52 Å². The third-order valence-electron chi connectivity index (χ3n) is 4.03. The second-order valence-electron chi connectivity index (χ2n) is 7.34. The van der Waals surface area contributed by atoms with E-state index >= 15 is 0 Å². The van der Waals surface area contributed by atoms with Gasteiger partial charge in [-0.25, -0.2) is 0 Å². The van der Waals surface area contributed by atoms with Gasteiger partial charge in [0.2, 0.25) is 5.91 Å². The Bertz CT molecular complexity index is 343. The molecule has 0 aromatic carbocycles. The van der Waals surface area contributed by atoms with Crippen LogP contribution in [0.3, 0.4) is 0 Å². The van der Waals surface area contributed by atoms with Crippen molar-refractivity contribution >= 4 is 22.1 Å². The van der Waals surface area contributed by atoms with Crippen molar-refractivity contribution in [3.05, 3.63) is 0 Å². The normalized spacial score (nSPS) is 20.0. The molecule has 1 aliphatic heterocycles. The van der Waals surface area contributed by atoms with Gasteiger partial charge in [-0.2, -0.15) is 0 Å². The fraction of sp³-hybridized carbons (Fsp3) is 0.941. The third kappa shape index (κ3) is 5.15. The molecule has 0 spiro atoms. The van der Waals surface area contributed by atoms with Crippen LogP contribution in [-0.4, -0.2) is 45.9 Å². The fourth-order valence-corrected chi connectivity index (χ4v) is 8.60. The average molecular weight is 347 g/mol. The quantitative estimate of drug-likeness (QED) is 0.549. The monoisotopic (exact) mass is 347 g/mol. The Morgan fingerprint density at radius 1 is 1.00 bits per heavy atom. The Morgan fingerprint density at radius 2 is 1.50 bits per heavy atom. The number of hydrogen-bond acceptors (Lipinski definition) is 2. The first-order valence-electron chi connectivity index (χ1n) is 8.68. The van der Waals surface area contributed by atoms with Crippen LogP contribution in [0.15, 0.2) is 0 Å². The van der Waals surface area contributed by atoms with Crippen LogP contribution in [-0.2, 0) is 9.32 Å². The zero-order chi connectivity index (χ0) is 17.0. The summed E-state index contributed by atoms with van der Waals surface area (Å²) in [7, 11) is -0.818. The molecule has 3 nitrogen and oxygen atoms in total. The van der Waals surface area contributed by atoms with Gasteiger partial charge >= 0.3 is 0 Å². The lowest BCUT2D eigenvalue weighted by Crippen LogP contribution is -2.35. The molecule has 130 valence electrons. The Hall–Kier alpha value is 0.290. The van der Waals surface area contributed by atoms with E-state index < -0.39 is 16.2 Å². The zero-order valence-corrected chi connectivity index (χ0v) is 17.5. The molecule has 0 aromatic rings. The molecular formula is C17H35NO2P2. The molecule has 0 unspecified atom stereocenters. The highest BCUT2D eigenvalue weighted by atomic mass is 31.1. The Balaban J connectivity index is 2.78. The number of carbonyl (C=O) groups is 1. The molecule has 22 heavy (non-hydrogen) atoms. The summed E-state index contributed by atoms with van der Waals surface area (Å²) in [6.07, 6.45) is 1.67. The van der Waals surface area contributed by atoms with Crippen molar-refractivity contribution in [3.8, 4) is 0 Å². The first-order chi connectivity index (χ1) is 10.2. The molecule has 1 rings (SSSR count). The molecule has 1 saturated heterocycles. The fourth-order valence-electron chi connectivity index (χ4n) is 3.36. The van der Waals surface area contributed by atoms with Crippen molar-refractivity contribution in [2.45, 2.75) is 96.9 Å². The number of hydrogen-bond donors (Lipinski definition) is 0. The van der Waals surface area contributed by atoms with E-state index in [1.165, 1.54) is 0 Å². The van der Waals surface area contributed by atoms with E-state index in [9.17, 15) is 4.79 Å². The lowest BCUT2D eigenvalue weighted by atomic mass is 10.2. The van der Waals surface area contributed by atoms with E-state index in [1.54, 1.807) is 0 Å². The lowest BCUT2D eigenvalue weighted by molar-refractivity contribution is -0.124. The summed E-state index contributed by atoms with van der Waals surface area (Å²) in [5.41, 5.74) is 2.27. The molecule has 0 radical (unpaired) electrons. The Labute approximate surface area is 140 Å². The van der Waals surface area contributed by atoms with E-state index in [0.717, 1.165) is 13.0 Å². The van der Waals surface area contributed by atoms with Crippen molar-refractivity contribution in [1.82, 2.24) is 4.67 Å². The predicted molar refractivity (Wildman–Crippen MR) is 100 cm³/mol. The van der Waals surface area contributed by atoms with E-state index in [-0.39, 0.29) is 0 Å². The van der Waals surface area contributed by atoms with Gasteiger partial charge < -0.3 is 9.19 Å². The van der Waals surface area contributed by atoms with Gasteiger partial charge in [-0.3, -0.25) is 4.79 Å². The van der Waals surface area contributed by atoms with Crippen LogP contribution in [0.5, 0.6) is 0 Å². The van der Waals surface area contributed by atoms with Gasteiger partial charge in [0.05, 0.1) is 12.6 Å². The lowest BCUT2D eigenvalue weighted by Gasteiger charge is -2.39. The standard InChI is InChI=1S/C17H35NO2P2/c1-12(2)21(13(3)4)18-16(9-10-17(18)19)11-20-22(14(5)6)15(7)8/h12-16H,9-11H2,1-8H3/t16-/m1/s1. The van der Waals surface area contributed by atoms with Crippen molar-refractivity contribution < 1.29 is 9.32 Å². The van der Waals surface area contributed by atoms with Crippen LogP contribution in [0.25, 0.3) is 0 Å².